The van der Waals surface area contributed by atoms with E-state index in [1.54, 1.807) is 0 Å². The summed E-state index contributed by atoms with van der Waals surface area (Å²) >= 11 is 3.57. The van der Waals surface area contributed by atoms with Gasteiger partial charge in [-0.05, 0) is 41.4 Å². The third kappa shape index (κ3) is 2.11. The molecule has 84 valence electrons. The van der Waals surface area contributed by atoms with Crippen molar-refractivity contribution in [3.63, 3.8) is 0 Å². The number of rotatable bonds is 2. The first kappa shape index (κ1) is 11.2. The number of hydrogen-bond donors (Lipinski definition) is 1. The summed E-state index contributed by atoms with van der Waals surface area (Å²) in [5, 5.41) is 3.31. The second-order valence-electron chi connectivity index (χ2n) is 3.88. The van der Waals surface area contributed by atoms with Gasteiger partial charge in [0.25, 0.3) is 0 Å². The molecule has 0 amide bonds. The second-order valence-corrected chi connectivity index (χ2v) is 4.67. The van der Waals surface area contributed by atoms with E-state index >= 15 is 0 Å². The molecular formula is C12H14BrN3. The molecule has 16 heavy (non-hydrogen) atoms. The molecule has 2 aromatic rings. The Morgan fingerprint density at radius 3 is 2.69 bits per heavy atom. The van der Waals surface area contributed by atoms with Crippen molar-refractivity contribution in [3.05, 3.63) is 40.1 Å². The van der Waals surface area contributed by atoms with Crippen LogP contribution >= 0.6 is 15.9 Å². The fourth-order valence-electron chi connectivity index (χ4n) is 1.60. The van der Waals surface area contributed by atoms with Crippen molar-refractivity contribution in [3.8, 4) is 0 Å². The number of hydrogen-bond acceptors (Lipinski definition) is 2. The molecule has 0 aliphatic heterocycles. The molecule has 0 fully saturated rings. The highest BCUT2D eigenvalue weighted by molar-refractivity contribution is 9.10. The van der Waals surface area contributed by atoms with Crippen LogP contribution in [0.2, 0.25) is 0 Å². The molecule has 4 heteroatoms. The maximum absolute atomic E-state index is 4.41. The van der Waals surface area contributed by atoms with Gasteiger partial charge in [-0.3, -0.25) is 0 Å². The van der Waals surface area contributed by atoms with Gasteiger partial charge in [0.2, 0.25) is 5.95 Å². The van der Waals surface area contributed by atoms with Crippen LogP contribution in [-0.4, -0.2) is 9.55 Å². The monoisotopic (exact) mass is 279 g/mol. The molecule has 0 unspecified atom stereocenters. The third-order valence-corrected chi connectivity index (χ3v) is 3.49. The Balaban J connectivity index is 2.34. The maximum Gasteiger partial charge on any atom is 0.207 e. The van der Waals surface area contributed by atoms with E-state index in [0.29, 0.717) is 0 Å². The van der Waals surface area contributed by atoms with Crippen LogP contribution in [0.1, 0.15) is 11.3 Å². The number of imidazole rings is 1. The molecule has 0 spiro atoms. The molecule has 0 saturated carbocycles. The Labute approximate surface area is 104 Å². The van der Waals surface area contributed by atoms with Crippen molar-refractivity contribution < 1.29 is 0 Å². The zero-order chi connectivity index (χ0) is 11.7. The molecule has 0 atom stereocenters. The third-order valence-electron chi connectivity index (χ3n) is 2.44. The summed E-state index contributed by atoms with van der Waals surface area (Å²) in [6.45, 7) is 4.05. The quantitative estimate of drug-likeness (QED) is 0.911. The van der Waals surface area contributed by atoms with E-state index in [1.165, 1.54) is 5.56 Å². The van der Waals surface area contributed by atoms with E-state index in [2.05, 4.69) is 39.2 Å². The Kier molecular flexibility index (Phi) is 3.01. The lowest BCUT2D eigenvalue weighted by Crippen LogP contribution is -1.99. The van der Waals surface area contributed by atoms with Crippen LogP contribution in [0.15, 0.2) is 28.9 Å². The Hall–Kier alpha value is -1.29. The minimum atomic E-state index is 0.851. The van der Waals surface area contributed by atoms with E-state index in [0.717, 1.165) is 21.8 Å². The molecule has 1 aromatic carbocycles. The van der Waals surface area contributed by atoms with Crippen LogP contribution in [0.3, 0.4) is 0 Å². The largest absolute Gasteiger partial charge is 0.325 e. The predicted octanol–water partition coefficient (Wildman–Crippen LogP) is 3.54. The van der Waals surface area contributed by atoms with Gasteiger partial charge in [0, 0.05) is 17.7 Å². The summed E-state index contributed by atoms with van der Waals surface area (Å²) in [5.74, 6) is 0.851. The molecule has 1 aromatic heterocycles. The van der Waals surface area contributed by atoms with Crippen LogP contribution in [0.25, 0.3) is 0 Å². The fraction of sp³-hybridized carbons (Fsp3) is 0.250. The average Bonchev–Trinajstić information content (AvgIpc) is 2.53. The Bertz CT molecular complexity index is 517. The number of nitrogens with zero attached hydrogens (tertiary/aromatic N) is 2. The smallest absolute Gasteiger partial charge is 0.207 e. The van der Waals surface area contributed by atoms with Crippen LogP contribution in [0.4, 0.5) is 11.6 Å². The highest BCUT2D eigenvalue weighted by Crippen LogP contribution is 2.28. The zero-order valence-corrected chi connectivity index (χ0v) is 11.2. The first-order valence-electron chi connectivity index (χ1n) is 5.10. The summed E-state index contributed by atoms with van der Waals surface area (Å²) < 4.78 is 3.06. The highest BCUT2D eigenvalue weighted by atomic mass is 79.9. The van der Waals surface area contributed by atoms with E-state index in [9.17, 15) is 0 Å². The molecular weight excluding hydrogens is 266 g/mol. The van der Waals surface area contributed by atoms with Gasteiger partial charge in [-0.2, -0.15) is 0 Å². The van der Waals surface area contributed by atoms with Crippen molar-refractivity contribution in [2.24, 2.45) is 7.05 Å². The van der Waals surface area contributed by atoms with Crippen LogP contribution in [0.5, 0.6) is 0 Å². The first-order valence-corrected chi connectivity index (χ1v) is 5.89. The maximum atomic E-state index is 4.41. The fourth-order valence-corrected chi connectivity index (χ4v) is 1.96. The van der Waals surface area contributed by atoms with E-state index < -0.39 is 0 Å². The van der Waals surface area contributed by atoms with Gasteiger partial charge in [-0.1, -0.05) is 12.1 Å². The number of aryl methyl sites for hydroxylation is 3. The van der Waals surface area contributed by atoms with Crippen molar-refractivity contribution in [2.45, 2.75) is 13.8 Å². The summed E-state index contributed by atoms with van der Waals surface area (Å²) in [5.41, 5.74) is 3.25. The molecule has 0 aliphatic carbocycles. The number of halogens is 1. The van der Waals surface area contributed by atoms with Crippen molar-refractivity contribution >= 4 is 27.6 Å². The van der Waals surface area contributed by atoms with Crippen molar-refractivity contribution in [1.82, 2.24) is 9.55 Å². The number of benzene rings is 1. The van der Waals surface area contributed by atoms with Crippen LogP contribution in [-0.2, 0) is 7.05 Å². The zero-order valence-electron chi connectivity index (χ0n) is 9.58. The summed E-state index contributed by atoms with van der Waals surface area (Å²) in [6.07, 6.45) is 1.99. The van der Waals surface area contributed by atoms with Gasteiger partial charge in [0.15, 0.2) is 0 Å². The number of anilines is 2. The van der Waals surface area contributed by atoms with Gasteiger partial charge < -0.3 is 9.88 Å². The van der Waals surface area contributed by atoms with Gasteiger partial charge in [-0.25, -0.2) is 4.98 Å². The Morgan fingerprint density at radius 1 is 1.31 bits per heavy atom. The molecule has 1 N–H and O–H groups in total. The summed E-state index contributed by atoms with van der Waals surface area (Å²) in [7, 11) is 1.98. The summed E-state index contributed by atoms with van der Waals surface area (Å²) in [4.78, 5) is 4.41. The topological polar surface area (TPSA) is 29.9 Å². The lowest BCUT2D eigenvalue weighted by molar-refractivity contribution is 0.923. The molecule has 0 bridgehead atoms. The van der Waals surface area contributed by atoms with E-state index in [1.807, 2.05) is 36.9 Å². The average molecular weight is 280 g/mol. The van der Waals surface area contributed by atoms with Crippen LogP contribution in [0, 0.1) is 13.8 Å². The molecule has 1 heterocycles. The first-order chi connectivity index (χ1) is 7.58. The molecule has 0 radical (unpaired) electrons. The van der Waals surface area contributed by atoms with Gasteiger partial charge in [-0.15, -0.1) is 0 Å². The van der Waals surface area contributed by atoms with Crippen molar-refractivity contribution in [1.29, 1.82) is 0 Å². The number of aromatic nitrogens is 2. The van der Waals surface area contributed by atoms with Gasteiger partial charge in [0.1, 0.15) is 0 Å². The minimum absolute atomic E-state index is 0.851. The second kappa shape index (κ2) is 4.29. The molecule has 2 rings (SSSR count). The van der Waals surface area contributed by atoms with Crippen LogP contribution < -0.4 is 5.32 Å². The van der Waals surface area contributed by atoms with E-state index in [-0.39, 0.29) is 0 Å². The molecule has 3 nitrogen and oxygen atoms in total. The van der Waals surface area contributed by atoms with Gasteiger partial charge >= 0.3 is 0 Å². The standard InChI is InChI=1S/C12H14BrN3/c1-8-5-4-6-10(11(8)13)15-12-14-9(2)7-16(12)3/h4-7H,1-3H3,(H,14,15). The lowest BCUT2D eigenvalue weighted by atomic mass is 10.2. The van der Waals surface area contributed by atoms with Crippen molar-refractivity contribution in [2.75, 3.05) is 5.32 Å². The Morgan fingerprint density at radius 2 is 2.06 bits per heavy atom. The predicted molar refractivity (Wildman–Crippen MR) is 70.1 cm³/mol. The molecule has 0 aliphatic rings. The molecule has 0 saturated heterocycles. The summed E-state index contributed by atoms with van der Waals surface area (Å²) in [6, 6.07) is 6.12. The lowest BCUT2D eigenvalue weighted by Gasteiger charge is -2.09. The SMILES string of the molecule is Cc1cn(C)c(Nc2cccc(C)c2Br)n1. The normalized spacial score (nSPS) is 10.5. The highest BCUT2D eigenvalue weighted by Gasteiger charge is 2.06. The minimum Gasteiger partial charge on any atom is -0.325 e. The number of nitrogens with one attached hydrogen (secondary N) is 1. The van der Waals surface area contributed by atoms with Gasteiger partial charge in [0.05, 0.1) is 11.4 Å². The van der Waals surface area contributed by atoms with E-state index in [4.69, 9.17) is 0 Å².